The molecule has 6 rings (SSSR count). The number of para-hydroxylation sites is 1. The minimum absolute atomic E-state index is 0.189. The van der Waals surface area contributed by atoms with E-state index >= 15 is 0 Å². The summed E-state index contributed by atoms with van der Waals surface area (Å²) in [4.78, 5) is 26.6. The fourth-order valence-corrected chi connectivity index (χ4v) is 4.36. The zero-order chi connectivity index (χ0) is 23.4. The average molecular weight is 458 g/mol. The zero-order valence-corrected chi connectivity index (χ0v) is 18.7. The van der Waals surface area contributed by atoms with Gasteiger partial charge in [-0.1, -0.05) is 23.4 Å². The molecule has 0 spiro atoms. The monoisotopic (exact) mass is 458 g/mol. The predicted molar refractivity (Wildman–Crippen MR) is 123 cm³/mol. The zero-order valence-electron chi connectivity index (χ0n) is 18.7. The van der Waals surface area contributed by atoms with Crippen molar-refractivity contribution in [1.29, 1.82) is 0 Å². The fraction of sp³-hybridized carbons (Fsp3) is 0.240. The molecule has 172 valence electrons. The van der Waals surface area contributed by atoms with Gasteiger partial charge in [0.1, 0.15) is 5.69 Å². The van der Waals surface area contributed by atoms with Crippen molar-refractivity contribution in [2.45, 2.75) is 25.2 Å². The van der Waals surface area contributed by atoms with Crippen molar-refractivity contribution in [2.24, 2.45) is 7.05 Å². The highest BCUT2D eigenvalue weighted by Gasteiger charge is 2.54. The van der Waals surface area contributed by atoms with Crippen molar-refractivity contribution >= 4 is 11.6 Å². The average Bonchev–Trinajstić information content (AvgIpc) is 3.20. The molecule has 34 heavy (non-hydrogen) atoms. The molecule has 1 aliphatic heterocycles. The lowest BCUT2D eigenvalue weighted by Gasteiger charge is -2.11. The third-order valence-corrected chi connectivity index (χ3v) is 6.63. The van der Waals surface area contributed by atoms with Crippen LogP contribution in [0.5, 0.6) is 11.5 Å². The number of nitrogens with zero attached hydrogens (tertiary/aromatic N) is 3. The summed E-state index contributed by atoms with van der Waals surface area (Å²) in [5, 5.41) is 7.08. The lowest BCUT2D eigenvalue weighted by atomic mass is 10.00. The summed E-state index contributed by atoms with van der Waals surface area (Å²) in [5.41, 5.74) is 1.89. The van der Waals surface area contributed by atoms with E-state index in [0.29, 0.717) is 41.5 Å². The first-order chi connectivity index (χ1) is 16.5. The Morgan fingerprint density at radius 2 is 1.82 bits per heavy atom. The standard InChI is InChI=1S/C25H22N4O5/c1-15-22(23(30)29(28(15)2)17-6-4-3-5-7-17)26-24(31)25(10-11-25)21-13-19(34-27-21)16-8-9-18-20(12-16)33-14-32-18/h3-9,12-13H,10-11,14H2,1-2H3,(H,26,31). The molecule has 0 atom stereocenters. The second-order valence-corrected chi connectivity index (χ2v) is 8.62. The van der Waals surface area contributed by atoms with Crippen molar-refractivity contribution in [3.05, 3.63) is 76.3 Å². The van der Waals surface area contributed by atoms with Gasteiger partial charge < -0.3 is 19.3 Å². The van der Waals surface area contributed by atoms with Crippen LogP contribution < -0.4 is 20.3 Å². The Labute approximate surface area is 194 Å². The van der Waals surface area contributed by atoms with Gasteiger partial charge in [-0.25, -0.2) is 4.68 Å². The molecular weight excluding hydrogens is 436 g/mol. The highest BCUT2D eigenvalue weighted by atomic mass is 16.7. The minimum atomic E-state index is -0.815. The van der Waals surface area contributed by atoms with E-state index in [0.717, 1.165) is 11.3 Å². The fourth-order valence-electron chi connectivity index (χ4n) is 4.36. The number of rotatable bonds is 5. The van der Waals surface area contributed by atoms with Crippen molar-refractivity contribution in [2.75, 3.05) is 12.1 Å². The van der Waals surface area contributed by atoms with E-state index in [1.165, 1.54) is 0 Å². The molecule has 1 fully saturated rings. The first-order valence-electron chi connectivity index (χ1n) is 11.0. The molecule has 9 heteroatoms. The Balaban J connectivity index is 1.29. The van der Waals surface area contributed by atoms with Crippen LogP contribution in [0.25, 0.3) is 17.0 Å². The lowest BCUT2D eigenvalue weighted by Crippen LogP contribution is -2.31. The summed E-state index contributed by atoms with van der Waals surface area (Å²) in [6.45, 7) is 2.00. The van der Waals surface area contributed by atoms with Gasteiger partial charge in [0.25, 0.3) is 5.56 Å². The van der Waals surface area contributed by atoms with Crippen LogP contribution in [0, 0.1) is 6.92 Å². The second kappa shape index (κ2) is 7.38. The highest BCUT2D eigenvalue weighted by molar-refractivity contribution is 6.01. The second-order valence-electron chi connectivity index (χ2n) is 8.62. The number of ether oxygens (including phenoxy) is 2. The summed E-state index contributed by atoms with van der Waals surface area (Å²) >= 11 is 0. The number of benzene rings is 2. The largest absolute Gasteiger partial charge is 0.454 e. The van der Waals surface area contributed by atoms with Crippen LogP contribution >= 0.6 is 0 Å². The summed E-state index contributed by atoms with van der Waals surface area (Å²) in [7, 11) is 1.79. The molecule has 2 aromatic heterocycles. The lowest BCUT2D eigenvalue weighted by molar-refractivity contribution is -0.118. The van der Waals surface area contributed by atoms with Crippen LogP contribution in [-0.2, 0) is 17.3 Å². The summed E-state index contributed by atoms with van der Waals surface area (Å²) < 4.78 is 19.6. The van der Waals surface area contributed by atoms with Gasteiger partial charge in [0, 0.05) is 18.7 Å². The Morgan fingerprint density at radius 1 is 1.06 bits per heavy atom. The molecule has 1 saturated carbocycles. The summed E-state index contributed by atoms with van der Waals surface area (Å²) in [5.74, 6) is 1.60. The van der Waals surface area contributed by atoms with E-state index < -0.39 is 5.41 Å². The van der Waals surface area contributed by atoms with Gasteiger partial charge in [-0.15, -0.1) is 0 Å². The van der Waals surface area contributed by atoms with E-state index in [2.05, 4.69) is 10.5 Å². The summed E-state index contributed by atoms with van der Waals surface area (Å²) in [6.07, 6.45) is 1.26. The van der Waals surface area contributed by atoms with E-state index in [9.17, 15) is 9.59 Å². The molecule has 1 N–H and O–H groups in total. The number of nitrogens with one attached hydrogen (secondary N) is 1. The van der Waals surface area contributed by atoms with E-state index in [1.807, 2.05) is 55.5 Å². The van der Waals surface area contributed by atoms with Crippen LogP contribution in [0.15, 0.2) is 63.9 Å². The molecular formula is C25H22N4O5. The van der Waals surface area contributed by atoms with Gasteiger partial charge in [-0.2, -0.15) is 0 Å². The van der Waals surface area contributed by atoms with Gasteiger partial charge in [0.2, 0.25) is 12.7 Å². The first-order valence-corrected chi connectivity index (χ1v) is 11.0. The molecule has 0 unspecified atom stereocenters. The maximum Gasteiger partial charge on any atom is 0.295 e. The number of aromatic nitrogens is 3. The minimum Gasteiger partial charge on any atom is -0.454 e. The molecule has 1 amide bonds. The molecule has 3 heterocycles. The van der Waals surface area contributed by atoms with Gasteiger partial charge >= 0.3 is 0 Å². The van der Waals surface area contributed by atoms with Gasteiger partial charge in [-0.3, -0.25) is 14.3 Å². The van der Waals surface area contributed by atoms with Gasteiger partial charge in [0.05, 0.1) is 22.5 Å². The number of hydrogen-bond acceptors (Lipinski definition) is 6. The van der Waals surface area contributed by atoms with Crippen LogP contribution in [0.4, 0.5) is 5.69 Å². The van der Waals surface area contributed by atoms with Crippen LogP contribution in [0.1, 0.15) is 24.2 Å². The molecule has 1 aliphatic carbocycles. The molecule has 0 saturated heterocycles. The normalized spacial score (nSPS) is 15.4. The van der Waals surface area contributed by atoms with Crippen molar-refractivity contribution in [3.63, 3.8) is 0 Å². The Hall–Kier alpha value is -4.27. The topological polar surface area (TPSA) is 101 Å². The molecule has 4 aromatic rings. The smallest absolute Gasteiger partial charge is 0.295 e. The Bertz CT molecular complexity index is 1480. The highest BCUT2D eigenvalue weighted by Crippen LogP contribution is 2.49. The number of carbonyl (C=O) groups is 1. The number of carbonyl (C=O) groups excluding carboxylic acids is 1. The third kappa shape index (κ3) is 3.04. The maximum absolute atomic E-state index is 13.4. The quantitative estimate of drug-likeness (QED) is 0.491. The molecule has 2 aliphatic rings. The first kappa shape index (κ1) is 20.3. The van der Waals surface area contributed by atoms with Gasteiger partial charge in [0.15, 0.2) is 17.3 Å². The predicted octanol–water partition coefficient (Wildman–Crippen LogP) is 3.54. The number of hydrogen-bond donors (Lipinski definition) is 1. The van der Waals surface area contributed by atoms with Crippen molar-refractivity contribution in [1.82, 2.24) is 14.5 Å². The molecule has 0 radical (unpaired) electrons. The van der Waals surface area contributed by atoms with Crippen LogP contribution in [0.3, 0.4) is 0 Å². The molecule has 2 aromatic carbocycles. The number of fused-ring (bicyclic) bond motifs is 1. The van der Waals surface area contributed by atoms with E-state index in [4.69, 9.17) is 14.0 Å². The molecule has 9 nitrogen and oxygen atoms in total. The van der Waals surface area contributed by atoms with E-state index in [1.54, 1.807) is 22.5 Å². The van der Waals surface area contributed by atoms with Crippen LogP contribution in [-0.4, -0.2) is 27.2 Å². The van der Waals surface area contributed by atoms with Crippen LogP contribution in [0.2, 0.25) is 0 Å². The number of amides is 1. The SMILES string of the molecule is Cc1c(NC(=O)C2(c3cc(-c4ccc5c(c4)OCO5)on3)CC2)c(=O)n(-c2ccccc2)n1C. The number of anilines is 1. The Morgan fingerprint density at radius 3 is 2.59 bits per heavy atom. The van der Waals surface area contributed by atoms with Crippen molar-refractivity contribution < 1.29 is 18.8 Å². The summed E-state index contributed by atoms with van der Waals surface area (Å²) in [6, 6.07) is 16.6. The van der Waals surface area contributed by atoms with E-state index in [-0.39, 0.29) is 23.9 Å². The van der Waals surface area contributed by atoms with Gasteiger partial charge in [-0.05, 0) is 50.1 Å². The Kier molecular flexibility index (Phi) is 4.41. The maximum atomic E-state index is 13.4. The molecule has 0 bridgehead atoms. The third-order valence-electron chi connectivity index (χ3n) is 6.63. The van der Waals surface area contributed by atoms with Crippen molar-refractivity contribution in [3.8, 4) is 28.5 Å².